The van der Waals surface area contributed by atoms with Gasteiger partial charge in [-0.3, -0.25) is 4.79 Å². The third-order valence-electron chi connectivity index (χ3n) is 5.11. The molecule has 4 nitrogen and oxygen atoms in total. The highest BCUT2D eigenvalue weighted by Gasteiger charge is 2.34. The summed E-state index contributed by atoms with van der Waals surface area (Å²) in [6.07, 6.45) is 5.20. The molecule has 1 saturated heterocycles. The highest BCUT2D eigenvalue weighted by atomic mass is 79.9. The molecule has 28 heavy (non-hydrogen) atoms. The molecular weight excluding hydrogens is 418 g/mol. The standard InChI is InChI=1S/C23H26BrNO3/c1-2-28-21-9-6-18(7-10-21)8-11-22(26)25-17-23(12-14-27-15-13-23)19-4-3-5-20(24)16-19/h3-11,16H,2,12-15,17H2,1H3,(H,25,26). The molecule has 1 heterocycles. The molecular formula is C23H26BrNO3. The fourth-order valence-electron chi connectivity index (χ4n) is 3.48. The first-order valence-corrected chi connectivity index (χ1v) is 10.4. The van der Waals surface area contributed by atoms with Crippen molar-refractivity contribution in [3.05, 3.63) is 70.2 Å². The summed E-state index contributed by atoms with van der Waals surface area (Å²) in [5, 5.41) is 3.09. The lowest BCUT2D eigenvalue weighted by Crippen LogP contribution is -2.44. The minimum absolute atomic E-state index is 0.0882. The van der Waals surface area contributed by atoms with Crippen molar-refractivity contribution < 1.29 is 14.3 Å². The molecule has 1 N–H and O–H groups in total. The van der Waals surface area contributed by atoms with Gasteiger partial charge < -0.3 is 14.8 Å². The topological polar surface area (TPSA) is 47.6 Å². The Balaban J connectivity index is 1.63. The summed E-state index contributed by atoms with van der Waals surface area (Å²) in [4.78, 5) is 12.4. The Hall–Kier alpha value is -2.11. The molecule has 0 saturated carbocycles. The van der Waals surface area contributed by atoms with Crippen molar-refractivity contribution >= 4 is 27.9 Å². The van der Waals surface area contributed by atoms with E-state index >= 15 is 0 Å². The number of carbonyl (C=O) groups excluding carboxylic acids is 1. The van der Waals surface area contributed by atoms with Gasteiger partial charge in [0.05, 0.1) is 6.61 Å². The summed E-state index contributed by atoms with van der Waals surface area (Å²) in [5.41, 5.74) is 2.11. The average Bonchev–Trinajstić information content (AvgIpc) is 2.73. The van der Waals surface area contributed by atoms with Gasteiger partial charge in [-0.2, -0.15) is 0 Å². The molecule has 0 aromatic heterocycles. The third-order valence-corrected chi connectivity index (χ3v) is 5.60. The Morgan fingerprint density at radius 2 is 1.96 bits per heavy atom. The first-order valence-electron chi connectivity index (χ1n) is 9.64. The maximum Gasteiger partial charge on any atom is 0.244 e. The number of ether oxygens (including phenoxy) is 2. The molecule has 0 aliphatic carbocycles. The van der Waals surface area contributed by atoms with Gasteiger partial charge in [0.2, 0.25) is 5.91 Å². The average molecular weight is 444 g/mol. The van der Waals surface area contributed by atoms with Gasteiger partial charge in [-0.25, -0.2) is 0 Å². The summed E-state index contributed by atoms with van der Waals surface area (Å²) in [5.74, 6) is 0.745. The second-order valence-electron chi connectivity index (χ2n) is 6.96. The number of hydrogen-bond donors (Lipinski definition) is 1. The Labute approximate surface area is 175 Å². The van der Waals surface area contributed by atoms with Gasteiger partial charge in [0.15, 0.2) is 0 Å². The molecule has 1 fully saturated rings. The number of amides is 1. The van der Waals surface area contributed by atoms with Crippen LogP contribution in [0.4, 0.5) is 0 Å². The molecule has 0 spiro atoms. The molecule has 0 unspecified atom stereocenters. The summed E-state index contributed by atoms with van der Waals surface area (Å²) >= 11 is 3.56. The molecule has 1 amide bonds. The van der Waals surface area contributed by atoms with Crippen LogP contribution in [-0.2, 0) is 14.9 Å². The minimum atomic E-state index is -0.0926. The normalized spacial score (nSPS) is 16.1. The van der Waals surface area contributed by atoms with Crippen LogP contribution >= 0.6 is 15.9 Å². The third kappa shape index (κ3) is 5.46. The van der Waals surface area contributed by atoms with Crippen LogP contribution in [0.25, 0.3) is 6.08 Å². The molecule has 148 valence electrons. The first-order chi connectivity index (χ1) is 13.6. The summed E-state index contributed by atoms with van der Waals surface area (Å²) in [7, 11) is 0. The van der Waals surface area contributed by atoms with Crippen molar-refractivity contribution in [1.29, 1.82) is 0 Å². The minimum Gasteiger partial charge on any atom is -0.494 e. The van der Waals surface area contributed by atoms with Crippen LogP contribution in [0.5, 0.6) is 5.75 Å². The molecule has 5 heteroatoms. The molecule has 0 radical (unpaired) electrons. The van der Waals surface area contributed by atoms with Crippen molar-refractivity contribution in [3.8, 4) is 5.75 Å². The Kier molecular flexibility index (Phi) is 7.29. The SMILES string of the molecule is CCOc1ccc(C=CC(=O)NCC2(c3cccc(Br)c3)CCOCC2)cc1. The fourth-order valence-corrected chi connectivity index (χ4v) is 3.88. The monoisotopic (exact) mass is 443 g/mol. The van der Waals surface area contributed by atoms with Crippen molar-refractivity contribution in [3.63, 3.8) is 0 Å². The first kappa shape index (κ1) is 20.6. The largest absolute Gasteiger partial charge is 0.494 e. The van der Waals surface area contributed by atoms with Gasteiger partial charge in [-0.15, -0.1) is 0 Å². The predicted octanol–water partition coefficient (Wildman–Crippen LogP) is 4.73. The lowest BCUT2D eigenvalue weighted by molar-refractivity contribution is -0.116. The van der Waals surface area contributed by atoms with E-state index in [1.54, 1.807) is 6.08 Å². The molecule has 1 aliphatic heterocycles. The fraction of sp³-hybridized carbons (Fsp3) is 0.348. The maximum atomic E-state index is 12.4. The van der Waals surface area contributed by atoms with Crippen LogP contribution in [0.2, 0.25) is 0 Å². The van der Waals surface area contributed by atoms with Crippen molar-refractivity contribution in [2.24, 2.45) is 0 Å². The number of carbonyl (C=O) groups is 1. The zero-order valence-electron chi connectivity index (χ0n) is 16.1. The molecule has 0 atom stereocenters. The summed E-state index contributed by atoms with van der Waals surface area (Å²) in [6.45, 7) is 4.62. The van der Waals surface area contributed by atoms with Gasteiger partial charge in [0.25, 0.3) is 0 Å². The highest BCUT2D eigenvalue weighted by molar-refractivity contribution is 9.10. The smallest absolute Gasteiger partial charge is 0.244 e. The second-order valence-corrected chi connectivity index (χ2v) is 7.87. The number of nitrogens with one attached hydrogen (secondary N) is 1. The van der Waals surface area contributed by atoms with E-state index in [1.807, 2.05) is 49.4 Å². The van der Waals surface area contributed by atoms with Crippen LogP contribution in [0, 0.1) is 0 Å². The van der Waals surface area contributed by atoms with E-state index in [4.69, 9.17) is 9.47 Å². The van der Waals surface area contributed by atoms with E-state index in [0.29, 0.717) is 26.4 Å². The molecule has 1 aliphatic rings. The predicted molar refractivity (Wildman–Crippen MR) is 116 cm³/mol. The zero-order chi connectivity index (χ0) is 19.8. The lowest BCUT2D eigenvalue weighted by atomic mass is 9.74. The van der Waals surface area contributed by atoms with Crippen molar-refractivity contribution in [2.75, 3.05) is 26.4 Å². The Morgan fingerprint density at radius 1 is 1.21 bits per heavy atom. The van der Waals surface area contributed by atoms with Gasteiger partial charge in [0.1, 0.15) is 5.75 Å². The molecule has 2 aromatic carbocycles. The van der Waals surface area contributed by atoms with Crippen LogP contribution in [0.15, 0.2) is 59.1 Å². The molecule has 2 aromatic rings. The van der Waals surface area contributed by atoms with Crippen molar-refractivity contribution in [1.82, 2.24) is 5.32 Å². The molecule has 3 rings (SSSR count). The van der Waals surface area contributed by atoms with Gasteiger partial charge in [-0.05, 0) is 61.2 Å². The quantitative estimate of drug-likeness (QED) is 0.629. The van der Waals surface area contributed by atoms with Crippen molar-refractivity contribution in [2.45, 2.75) is 25.2 Å². The van der Waals surface area contributed by atoms with E-state index < -0.39 is 0 Å². The summed E-state index contributed by atoms with van der Waals surface area (Å²) < 4.78 is 12.1. The summed E-state index contributed by atoms with van der Waals surface area (Å²) in [6, 6.07) is 16.0. The highest BCUT2D eigenvalue weighted by Crippen LogP contribution is 2.35. The number of hydrogen-bond acceptors (Lipinski definition) is 3. The second kappa shape index (κ2) is 9.89. The lowest BCUT2D eigenvalue weighted by Gasteiger charge is -2.38. The van der Waals surface area contributed by atoms with Crippen LogP contribution in [0.3, 0.4) is 0 Å². The van der Waals surface area contributed by atoms with E-state index in [0.717, 1.165) is 28.6 Å². The van der Waals surface area contributed by atoms with E-state index in [-0.39, 0.29) is 11.3 Å². The number of halogens is 1. The van der Waals surface area contributed by atoms with Crippen LogP contribution in [-0.4, -0.2) is 32.3 Å². The number of benzene rings is 2. The molecule has 0 bridgehead atoms. The van der Waals surface area contributed by atoms with Crippen LogP contribution < -0.4 is 10.1 Å². The Bertz CT molecular complexity index is 811. The van der Waals surface area contributed by atoms with Gasteiger partial charge >= 0.3 is 0 Å². The number of rotatable bonds is 7. The van der Waals surface area contributed by atoms with Gasteiger partial charge in [-0.1, -0.05) is 40.2 Å². The van der Waals surface area contributed by atoms with Gasteiger partial charge in [0, 0.05) is 35.7 Å². The maximum absolute atomic E-state index is 12.4. The van der Waals surface area contributed by atoms with E-state index in [2.05, 4.69) is 33.4 Å². The zero-order valence-corrected chi connectivity index (χ0v) is 17.7. The Morgan fingerprint density at radius 3 is 2.64 bits per heavy atom. The van der Waals surface area contributed by atoms with Crippen LogP contribution in [0.1, 0.15) is 30.9 Å². The van der Waals surface area contributed by atoms with E-state index in [9.17, 15) is 4.79 Å². The van der Waals surface area contributed by atoms with E-state index in [1.165, 1.54) is 5.56 Å².